The summed E-state index contributed by atoms with van der Waals surface area (Å²) in [6.07, 6.45) is 2.39. The average Bonchev–Trinajstić information content (AvgIpc) is 2.84. The fraction of sp³-hybridized carbons (Fsp3) is 0.231. The van der Waals surface area contributed by atoms with Crippen LogP contribution in [-0.4, -0.2) is 33.2 Å². The molecule has 0 bridgehead atoms. The Morgan fingerprint density at radius 2 is 1.65 bits per heavy atom. The Bertz CT molecular complexity index is 1210. The molecule has 3 rings (SSSR count). The molecule has 0 saturated carbocycles. The van der Waals surface area contributed by atoms with Crippen LogP contribution in [-0.2, 0) is 21.2 Å². The fourth-order valence-electron chi connectivity index (χ4n) is 3.18. The van der Waals surface area contributed by atoms with E-state index >= 15 is 0 Å². The quantitative estimate of drug-likeness (QED) is 0.345. The number of amides is 1. The van der Waals surface area contributed by atoms with Gasteiger partial charge in [0.2, 0.25) is 0 Å². The first-order valence-corrected chi connectivity index (χ1v) is 12.5. The van der Waals surface area contributed by atoms with Crippen LogP contribution in [0, 0.1) is 0 Å². The van der Waals surface area contributed by atoms with Crippen molar-refractivity contribution < 1.29 is 17.9 Å². The Balaban J connectivity index is 1.75. The summed E-state index contributed by atoms with van der Waals surface area (Å²) in [7, 11) is -3.95. The van der Waals surface area contributed by atoms with Crippen LogP contribution in [0.2, 0.25) is 0 Å². The van der Waals surface area contributed by atoms with Crippen LogP contribution in [0.3, 0.4) is 0 Å². The molecule has 0 aliphatic carbocycles. The lowest BCUT2D eigenvalue weighted by Crippen LogP contribution is -2.39. The van der Waals surface area contributed by atoms with Crippen molar-refractivity contribution in [2.24, 2.45) is 5.10 Å². The molecule has 34 heavy (non-hydrogen) atoms. The van der Waals surface area contributed by atoms with E-state index in [0.717, 1.165) is 27.6 Å². The SMILES string of the molecule is CCc1ccc(N(CC(=O)N/N=C\c2ccc(OC(C)C)cc2)S(=O)(=O)c2ccccc2)cc1. The number of hydrazone groups is 1. The summed E-state index contributed by atoms with van der Waals surface area (Å²) < 4.78 is 33.3. The molecule has 1 amide bonds. The molecule has 0 atom stereocenters. The smallest absolute Gasteiger partial charge is 0.264 e. The van der Waals surface area contributed by atoms with Gasteiger partial charge in [0.15, 0.2) is 0 Å². The van der Waals surface area contributed by atoms with Crippen molar-refractivity contribution in [3.05, 3.63) is 90.0 Å². The van der Waals surface area contributed by atoms with Crippen molar-refractivity contribution in [1.82, 2.24) is 5.43 Å². The van der Waals surface area contributed by atoms with Crippen LogP contribution in [0.25, 0.3) is 0 Å². The minimum absolute atomic E-state index is 0.0760. The number of hydrogen-bond acceptors (Lipinski definition) is 5. The second-order valence-corrected chi connectivity index (χ2v) is 9.74. The highest BCUT2D eigenvalue weighted by Gasteiger charge is 2.27. The van der Waals surface area contributed by atoms with Gasteiger partial charge in [-0.15, -0.1) is 0 Å². The van der Waals surface area contributed by atoms with Gasteiger partial charge in [-0.25, -0.2) is 13.8 Å². The number of sulfonamides is 1. The molecule has 7 nitrogen and oxygen atoms in total. The zero-order valence-electron chi connectivity index (χ0n) is 19.5. The van der Waals surface area contributed by atoms with Gasteiger partial charge in [0.25, 0.3) is 15.9 Å². The second-order valence-electron chi connectivity index (χ2n) is 7.87. The van der Waals surface area contributed by atoms with E-state index in [2.05, 4.69) is 10.5 Å². The van der Waals surface area contributed by atoms with Gasteiger partial charge < -0.3 is 4.74 Å². The number of ether oxygens (including phenoxy) is 1. The van der Waals surface area contributed by atoms with Crippen molar-refractivity contribution >= 4 is 27.8 Å². The van der Waals surface area contributed by atoms with Crippen LogP contribution in [0.1, 0.15) is 31.9 Å². The third-order valence-electron chi connectivity index (χ3n) is 4.91. The first kappa shape index (κ1) is 25.0. The van der Waals surface area contributed by atoms with Crippen LogP contribution in [0.4, 0.5) is 5.69 Å². The number of nitrogens with zero attached hydrogens (tertiary/aromatic N) is 2. The van der Waals surface area contributed by atoms with E-state index in [4.69, 9.17) is 4.74 Å². The molecule has 0 saturated heterocycles. The monoisotopic (exact) mass is 479 g/mol. The molecule has 0 unspecified atom stereocenters. The van der Waals surface area contributed by atoms with E-state index in [9.17, 15) is 13.2 Å². The van der Waals surface area contributed by atoms with E-state index in [-0.39, 0.29) is 11.0 Å². The third-order valence-corrected chi connectivity index (χ3v) is 6.69. The molecule has 8 heteroatoms. The van der Waals surface area contributed by atoms with Gasteiger partial charge in [0.05, 0.1) is 22.9 Å². The Labute approximate surface area is 201 Å². The number of anilines is 1. The predicted octanol–water partition coefficient (Wildman–Crippen LogP) is 4.38. The largest absolute Gasteiger partial charge is 0.491 e. The van der Waals surface area contributed by atoms with Gasteiger partial charge in [-0.1, -0.05) is 37.3 Å². The molecule has 1 N–H and O–H groups in total. The Morgan fingerprint density at radius 3 is 2.24 bits per heavy atom. The lowest BCUT2D eigenvalue weighted by molar-refractivity contribution is -0.119. The highest BCUT2D eigenvalue weighted by molar-refractivity contribution is 7.92. The topological polar surface area (TPSA) is 88.1 Å². The van der Waals surface area contributed by atoms with E-state index in [0.29, 0.717) is 5.69 Å². The van der Waals surface area contributed by atoms with Crippen LogP contribution in [0.5, 0.6) is 5.75 Å². The molecule has 0 aliphatic heterocycles. The molecule has 0 fully saturated rings. The Hall–Kier alpha value is -3.65. The number of benzene rings is 3. The summed E-state index contributed by atoms with van der Waals surface area (Å²) in [5, 5.41) is 3.97. The maximum atomic E-state index is 13.3. The zero-order valence-corrected chi connectivity index (χ0v) is 20.3. The number of nitrogens with one attached hydrogen (secondary N) is 1. The molecule has 0 heterocycles. The highest BCUT2D eigenvalue weighted by Crippen LogP contribution is 2.24. The van der Waals surface area contributed by atoms with Crippen LogP contribution >= 0.6 is 0 Å². The summed E-state index contributed by atoms with van der Waals surface area (Å²) in [5.74, 6) is 0.183. The van der Waals surface area contributed by atoms with Gasteiger partial charge in [0.1, 0.15) is 12.3 Å². The summed E-state index contributed by atoms with van der Waals surface area (Å²) in [4.78, 5) is 12.7. The van der Waals surface area contributed by atoms with Gasteiger partial charge in [-0.05, 0) is 79.9 Å². The molecule has 0 aromatic heterocycles. The molecule has 0 spiro atoms. The number of hydrogen-bond donors (Lipinski definition) is 1. The maximum absolute atomic E-state index is 13.3. The van der Waals surface area contributed by atoms with E-state index < -0.39 is 22.5 Å². The Kier molecular flexibility index (Phi) is 8.43. The summed E-state index contributed by atoms with van der Waals surface area (Å²) in [6.45, 7) is 5.50. The molecule has 0 aliphatic rings. The Morgan fingerprint density at radius 1 is 1.00 bits per heavy atom. The van der Waals surface area contributed by atoms with Gasteiger partial charge in [-0.2, -0.15) is 5.10 Å². The molecular weight excluding hydrogens is 450 g/mol. The fourth-order valence-corrected chi connectivity index (χ4v) is 4.62. The minimum Gasteiger partial charge on any atom is -0.491 e. The number of aryl methyl sites for hydroxylation is 1. The van der Waals surface area contributed by atoms with Gasteiger partial charge >= 0.3 is 0 Å². The molecular formula is C26H29N3O4S. The second kappa shape index (κ2) is 11.5. The highest BCUT2D eigenvalue weighted by atomic mass is 32.2. The van der Waals surface area contributed by atoms with Crippen LogP contribution < -0.4 is 14.5 Å². The van der Waals surface area contributed by atoms with E-state index in [1.54, 1.807) is 30.3 Å². The third kappa shape index (κ3) is 6.68. The van der Waals surface area contributed by atoms with Crippen molar-refractivity contribution in [2.75, 3.05) is 10.8 Å². The van der Waals surface area contributed by atoms with Crippen LogP contribution in [0.15, 0.2) is 88.9 Å². The molecule has 3 aromatic rings. The first-order chi connectivity index (χ1) is 16.3. The number of rotatable bonds is 10. The summed E-state index contributed by atoms with van der Waals surface area (Å²) in [6, 6.07) is 22.4. The van der Waals surface area contributed by atoms with Gasteiger partial charge in [-0.3, -0.25) is 9.10 Å². The number of carbonyl (C=O) groups excluding carboxylic acids is 1. The lowest BCUT2D eigenvalue weighted by Gasteiger charge is -2.24. The first-order valence-electron chi connectivity index (χ1n) is 11.0. The maximum Gasteiger partial charge on any atom is 0.264 e. The van der Waals surface area contributed by atoms with Gasteiger partial charge in [0, 0.05) is 0 Å². The van der Waals surface area contributed by atoms with E-state index in [1.165, 1.54) is 18.3 Å². The van der Waals surface area contributed by atoms with Crippen molar-refractivity contribution in [1.29, 1.82) is 0 Å². The van der Waals surface area contributed by atoms with Crippen molar-refractivity contribution in [3.63, 3.8) is 0 Å². The standard InChI is InChI=1S/C26H29N3O4S/c1-4-21-10-14-23(15-11-21)29(34(31,32)25-8-6-5-7-9-25)19-26(30)28-27-18-22-12-16-24(17-13-22)33-20(2)3/h5-18,20H,4,19H2,1-3H3,(H,28,30)/b27-18-. The average molecular weight is 480 g/mol. The molecule has 178 valence electrons. The van der Waals surface area contributed by atoms with E-state index in [1.807, 2.05) is 57.2 Å². The predicted molar refractivity (Wildman–Crippen MR) is 135 cm³/mol. The molecule has 3 aromatic carbocycles. The summed E-state index contributed by atoms with van der Waals surface area (Å²) >= 11 is 0. The lowest BCUT2D eigenvalue weighted by atomic mass is 10.1. The number of carbonyl (C=O) groups is 1. The zero-order chi connectivity index (χ0) is 24.6. The van der Waals surface area contributed by atoms with Crippen molar-refractivity contribution in [2.45, 2.75) is 38.2 Å². The summed E-state index contributed by atoms with van der Waals surface area (Å²) in [5.41, 5.74) is 4.65. The molecule has 0 radical (unpaired) electrons. The minimum atomic E-state index is -3.95. The normalized spacial score (nSPS) is 11.5. The van der Waals surface area contributed by atoms with Crippen molar-refractivity contribution in [3.8, 4) is 5.75 Å².